The van der Waals surface area contributed by atoms with E-state index in [1.54, 1.807) is 42.5 Å². The van der Waals surface area contributed by atoms with E-state index in [9.17, 15) is 29.8 Å². The number of rotatable bonds is 8. The highest BCUT2D eigenvalue weighted by molar-refractivity contribution is 6.23. The summed E-state index contributed by atoms with van der Waals surface area (Å²) < 4.78 is 10.8. The molecule has 41 heavy (non-hydrogen) atoms. The number of nitro benzene ring substituents is 2. The lowest BCUT2D eigenvalue weighted by molar-refractivity contribution is -0.393. The van der Waals surface area contributed by atoms with Crippen LogP contribution in [0, 0.1) is 32.1 Å². The van der Waals surface area contributed by atoms with Gasteiger partial charge in [0.15, 0.2) is 11.5 Å². The number of benzene rings is 3. The third-order valence-corrected chi connectivity index (χ3v) is 7.39. The van der Waals surface area contributed by atoms with Gasteiger partial charge >= 0.3 is 5.69 Å². The Balaban J connectivity index is 1.54. The molecule has 0 radical (unpaired) electrons. The van der Waals surface area contributed by atoms with Gasteiger partial charge in [0.1, 0.15) is 5.69 Å². The third-order valence-electron chi connectivity index (χ3n) is 7.39. The molecule has 210 valence electrons. The van der Waals surface area contributed by atoms with Gasteiger partial charge in [-0.15, -0.1) is 0 Å². The van der Waals surface area contributed by atoms with E-state index in [0.717, 1.165) is 17.7 Å². The maximum atomic E-state index is 13.8. The van der Waals surface area contributed by atoms with Crippen LogP contribution >= 0.6 is 0 Å². The molecule has 0 unspecified atom stereocenters. The van der Waals surface area contributed by atoms with Crippen LogP contribution in [0.3, 0.4) is 0 Å². The zero-order valence-corrected chi connectivity index (χ0v) is 22.1. The van der Waals surface area contributed by atoms with Crippen molar-refractivity contribution in [3.63, 3.8) is 0 Å². The Bertz CT molecular complexity index is 1570. The van der Waals surface area contributed by atoms with Crippen molar-refractivity contribution in [1.29, 1.82) is 0 Å². The van der Waals surface area contributed by atoms with Gasteiger partial charge in [-0.05, 0) is 48.7 Å². The Morgan fingerprint density at radius 3 is 2.22 bits per heavy atom. The number of non-ortho nitro benzene ring substituents is 1. The van der Waals surface area contributed by atoms with E-state index in [0.29, 0.717) is 22.9 Å². The number of hydrogen-bond acceptors (Lipinski definition) is 10. The molecular formula is C28H25N5O8. The maximum Gasteiger partial charge on any atom is 0.301 e. The van der Waals surface area contributed by atoms with Crippen molar-refractivity contribution in [3.8, 4) is 11.5 Å². The number of nitrogens with one attached hydrogen (secondary N) is 1. The lowest BCUT2D eigenvalue weighted by atomic mass is 9.69. The predicted octanol–water partition coefficient (Wildman–Crippen LogP) is 4.67. The summed E-state index contributed by atoms with van der Waals surface area (Å²) in [6, 6.07) is 17.2. The van der Waals surface area contributed by atoms with Crippen molar-refractivity contribution >= 4 is 40.3 Å². The van der Waals surface area contributed by atoms with Gasteiger partial charge in [-0.2, -0.15) is 5.10 Å². The molecule has 0 spiro atoms. The minimum Gasteiger partial charge on any atom is -0.493 e. The highest BCUT2D eigenvalue weighted by atomic mass is 16.6. The van der Waals surface area contributed by atoms with Crippen molar-refractivity contribution in [3.05, 3.63) is 92.5 Å². The molecule has 2 aliphatic rings. The van der Waals surface area contributed by atoms with Crippen molar-refractivity contribution < 1.29 is 28.9 Å². The van der Waals surface area contributed by atoms with Gasteiger partial charge < -0.3 is 9.47 Å². The molecule has 1 saturated heterocycles. The van der Waals surface area contributed by atoms with Gasteiger partial charge in [-0.3, -0.25) is 40.1 Å². The third kappa shape index (κ3) is 5.04. The van der Waals surface area contributed by atoms with Crippen molar-refractivity contribution in [2.75, 3.05) is 24.5 Å². The summed E-state index contributed by atoms with van der Waals surface area (Å²) in [6.45, 7) is 0. The van der Waals surface area contributed by atoms with Gasteiger partial charge in [0, 0.05) is 17.7 Å². The summed E-state index contributed by atoms with van der Waals surface area (Å²) in [5.41, 5.74) is 3.39. The van der Waals surface area contributed by atoms with E-state index in [2.05, 4.69) is 10.5 Å². The van der Waals surface area contributed by atoms with Crippen LogP contribution in [0.2, 0.25) is 0 Å². The second-order valence-electron chi connectivity index (χ2n) is 9.61. The maximum absolute atomic E-state index is 13.8. The number of ether oxygens (including phenoxy) is 2. The number of hydrazone groups is 1. The monoisotopic (exact) mass is 559 g/mol. The number of nitro groups is 2. The first-order valence-electron chi connectivity index (χ1n) is 12.6. The minimum atomic E-state index is -0.740. The van der Waals surface area contributed by atoms with Gasteiger partial charge in [0.25, 0.3) is 5.69 Å². The first kappa shape index (κ1) is 27.2. The Kier molecular flexibility index (Phi) is 7.34. The second-order valence-corrected chi connectivity index (χ2v) is 9.61. The number of methoxy groups -OCH3 is 2. The van der Waals surface area contributed by atoms with Gasteiger partial charge in [-0.25, -0.2) is 0 Å². The van der Waals surface area contributed by atoms with E-state index < -0.39 is 39.0 Å². The molecule has 3 aromatic rings. The number of amides is 2. The first-order chi connectivity index (χ1) is 19.7. The topological polar surface area (TPSA) is 167 Å². The quantitative estimate of drug-likeness (QED) is 0.234. The zero-order chi connectivity index (χ0) is 29.3. The van der Waals surface area contributed by atoms with Crippen LogP contribution < -0.4 is 19.8 Å². The van der Waals surface area contributed by atoms with Crippen molar-refractivity contribution in [1.82, 2.24) is 0 Å². The first-order valence-corrected chi connectivity index (χ1v) is 12.6. The van der Waals surface area contributed by atoms with Gasteiger partial charge in [0.05, 0.1) is 47.7 Å². The molecule has 1 aliphatic carbocycles. The summed E-state index contributed by atoms with van der Waals surface area (Å²) in [6.07, 6.45) is 0.419. The van der Waals surface area contributed by atoms with Gasteiger partial charge in [0.2, 0.25) is 11.8 Å². The minimum absolute atomic E-state index is 0.0439. The molecule has 2 amide bonds. The molecule has 13 nitrogen and oxygen atoms in total. The summed E-state index contributed by atoms with van der Waals surface area (Å²) in [4.78, 5) is 49.8. The summed E-state index contributed by atoms with van der Waals surface area (Å²) in [7, 11) is 3.01. The molecule has 0 aromatic heterocycles. The fourth-order valence-corrected chi connectivity index (χ4v) is 5.48. The number of hydrogen-bond donors (Lipinski definition) is 1. The van der Waals surface area contributed by atoms with E-state index >= 15 is 0 Å². The predicted molar refractivity (Wildman–Crippen MR) is 148 cm³/mol. The number of anilines is 2. The molecule has 13 heteroatoms. The number of nitrogens with zero attached hydrogens (tertiary/aromatic N) is 4. The second kappa shape index (κ2) is 11.0. The standard InChI is InChI=1S/C28H25N5O8/c1-40-24-11-8-16(12-25(24)41-2)20-13-17(29-30-22-10-9-19(32(36)37)15-23(22)33(38)39)14-21-26(20)28(35)31(27(21)34)18-6-4-3-5-7-18/h3-12,15,20-21,26,30H,13-14H2,1-2H3/b29-17+/t20-,21-,26+/m1/s1. The van der Waals surface area contributed by atoms with Crippen LogP contribution in [-0.2, 0) is 9.59 Å². The molecule has 1 N–H and O–H groups in total. The lowest BCUT2D eigenvalue weighted by Gasteiger charge is -2.32. The van der Waals surface area contributed by atoms with Crippen LogP contribution in [0.25, 0.3) is 0 Å². The van der Waals surface area contributed by atoms with Crippen LogP contribution in [0.4, 0.5) is 22.7 Å². The molecule has 0 bridgehead atoms. The Morgan fingerprint density at radius 1 is 0.854 bits per heavy atom. The van der Waals surface area contributed by atoms with Crippen molar-refractivity contribution in [2.24, 2.45) is 16.9 Å². The van der Waals surface area contributed by atoms with E-state index in [1.807, 2.05) is 6.07 Å². The normalized spacial score (nSPS) is 21.0. The average Bonchev–Trinajstić information content (AvgIpc) is 3.24. The largest absolute Gasteiger partial charge is 0.493 e. The van der Waals surface area contributed by atoms with Crippen LogP contribution in [0.5, 0.6) is 11.5 Å². The molecular weight excluding hydrogens is 534 g/mol. The summed E-state index contributed by atoms with van der Waals surface area (Å²) in [5, 5.41) is 27.1. The number of para-hydroxylation sites is 1. The average molecular weight is 560 g/mol. The van der Waals surface area contributed by atoms with Crippen LogP contribution in [-0.4, -0.2) is 41.6 Å². The molecule has 1 heterocycles. The number of imide groups is 1. The number of carbonyl (C=O) groups excluding carboxylic acids is 2. The zero-order valence-electron chi connectivity index (χ0n) is 22.1. The van der Waals surface area contributed by atoms with Crippen LogP contribution in [0.15, 0.2) is 71.8 Å². The molecule has 2 fully saturated rings. The van der Waals surface area contributed by atoms with E-state index in [-0.39, 0.29) is 30.3 Å². The molecule has 5 rings (SSSR count). The Labute approximate surface area is 233 Å². The van der Waals surface area contributed by atoms with E-state index in [1.165, 1.54) is 25.2 Å². The van der Waals surface area contributed by atoms with E-state index in [4.69, 9.17) is 9.47 Å². The molecule has 1 aliphatic heterocycles. The van der Waals surface area contributed by atoms with Crippen LogP contribution in [0.1, 0.15) is 24.3 Å². The summed E-state index contributed by atoms with van der Waals surface area (Å²) in [5.74, 6) is -1.57. The fraction of sp³-hybridized carbons (Fsp3) is 0.250. The summed E-state index contributed by atoms with van der Waals surface area (Å²) >= 11 is 0. The fourth-order valence-electron chi connectivity index (χ4n) is 5.48. The molecule has 3 aromatic carbocycles. The Hall–Kier alpha value is -5.33. The van der Waals surface area contributed by atoms with Crippen molar-refractivity contribution in [2.45, 2.75) is 18.8 Å². The highest BCUT2D eigenvalue weighted by Gasteiger charge is 2.54. The number of carbonyl (C=O) groups is 2. The SMILES string of the molecule is COc1ccc([C@H]2C/C(=N\Nc3ccc([N+](=O)[O-])cc3[N+](=O)[O-])C[C@H]3C(=O)N(c4ccccc4)C(=O)[C@@H]23)cc1OC. The molecule has 3 atom stereocenters. The van der Waals surface area contributed by atoms with Gasteiger partial charge in [-0.1, -0.05) is 24.3 Å². The smallest absolute Gasteiger partial charge is 0.301 e. The highest BCUT2D eigenvalue weighted by Crippen LogP contribution is 2.48. The number of fused-ring (bicyclic) bond motifs is 1. The lowest BCUT2D eigenvalue weighted by Crippen LogP contribution is -2.34. The Morgan fingerprint density at radius 2 is 1.56 bits per heavy atom. The molecule has 1 saturated carbocycles.